The number of amides is 3. The number of nitrogens with one attached hydrogen (secondary N) is 2. The minimum atomic E-state index is -0.643. The van der Waals surface area contributed by atoms with E-state index in [1.165, 1.54) is 14.0 Å². The van der Waals surface area contributed by atoms with E-state index in [1.54, 1.807) is 13.0 Å². The fourth-order valence-electron chi connectivity index (χ4n) is 3.79. The molecule has 0 spiro atoms. The number of aromatic nitrogens is 1. The number of pyridine rings is 1. The molecule has 8 heteroatoms. The van der Waals surface area contributed by atoms with Gasteiger partial charge in [-0.25, -0.2) is 4.98 Å². The summed E-state index contributed by atoms with van der Waals surface area (Å²) in [6, 6.07) is 1.41. The standard InChI is InChI=1S/C19H26N4O4/c1-11(21-12(2)24)17(25)20-9-13-8-15-16(22-18(13)27-3)10-23(19(15)26)14-6-4-5-7-14/h8,11,14H,4-7,9-10H2,1-3H3,(H,20,25)(H,21,24)/t11-/m0/s1. The summed E-state index contributed by atoms with van der Waals surface area (Å²) >= 11 is 0. The molecule has 1 aromatic rings. The number of hydrogen-bond donors (Lipinski definition) is 2. The Balaban J connectivity index is 1.73. The Morgan fingerprint density at radius 2 is 2.07 bits per heavy atom. The molecule has 3 amide bonds. The van der Waals surface area contributed by atoms with Gasteiger partial charge >= 0.3 is 0 Å². The molecule has 0 aromatic carbocycles. The predicted octanol–water partition coefficient (Wildman–Crippen LogP) is 1.13. The maximum Gasteiger partial charge on any atom is 0.256 e. The lowest BCUT2D eigenvalue weighted by Gasteiger charge is -2.22. The molecule has 0 bridgehead atoms. The van der Waals surface area contributed by atoms with E-state index in [-0.39, 0.29) is 24.3 Å². The number of carbonyl (C=O) groups excluding carboxylic acids is 3. The highest BCUT2D eigenvalue weighted by atomic mass is 16.5. The van der Waals surface area contributed by atoms with Crippen LogP contribution in [0.25, 0.3) is 0 Å². The number of hydrogen-bond acceptors (Lipinski definition) is 5. The van der Waals surface area contributed by atoms with Crippen molar-refractivity contribution in [1.29, 1.82) is 0 Å². The van der Waals surface area contributed by atoms with Gasteiger partial charge in [0.25, 0.3) is 5.91 Å². The summed E-state index contributed by atoms with van der Waals surface area (Å²) in [6.45, 7) is 3.65. The summed E-state index contributed by atoms with van der Waals surface area (Å²) in [5, 5.41) is 5.29. The minimum Gasteiger partial charge on any atom is -0.481 e. The van der Waals surface area contributed by atoms with Crippen LogP contribution in [-0.4, -0.2) is 46.8 Å². The largest absolute Gasteiger partial charge is 0.481 e. The Labute approximate surface area is 158 Å². The van der Waals surface area contributed by atoms with Crippen molar-refractivity contribution in [1.82, 2.24) is 20.5 Å². The zero-order chi connectivity index (χ0) is 19.6. The minimum absolute atomic E-state index is 0.00578. The van der Waals surface area contributed by atoms with Gasteiger partial charge in [-0.1, -0.05) is 12.8 Å². The molecular weight excluding hydrogens is 348 g/mol. The van der Waals surface area contributed by atoms with Crippen molar-refractivity contribution in [2.24, 2.45) is 0 Å². The van der Waals surface area contributed by atoms with Gasteiger partial charge in [-0.15, -0.1) is 0 Å². The first kappa shape index (κ1) is 19.1. The molecule has 8 nitrogen and oxygen atoms in total. The summed E-state index contributed by atoms with van der Waals surface area (Å²) in [4.78, 5) is 42.4. The number of carbonyl (C=O) groups is 3. The molecule has 2 aliphatic rings. The van der Waals surface area contributed by atoms with Crippen LogP contribution in [0.1, 0.15) is 61.1 Å². The van der Waals surface area contributed by atoms with Gasteiger partial charge in [0, 0.05) is 25.1 Å². The normalized spacial score (nSPS) is 17.6. The molecule has 0 unspecified atom stereocenters. The molecule has 3 rings (SSSR count). The van der Waals surface area contributed by atoms with Gasteiger partial charge in [-0.2, -0.15) is 0 Å². The lowest BCUT2D eigenvalue weighted by atomic mass is 10.1. The van der Waals surface area contributed by atoms with Crippen LogP contribution in [-0.2, 0) is 22.7 Å². The quantitative estimate of drug-likeness (QED) is 0.777. The zero-order valence-corrected chi connectivity index (χ0v) is 16.0. The van der Waals surface area contributed by atoms with Crippen molar-refractivity contribution in [2.75, 3.05) is 7.11 Å². The lowest BCUT2D eigenvalue weighted by Crippen LogP contribution is -2.43. The smallest absolute Gasteiger partial charge is 0.256 e. The third-order valence-electron chi connectivity index (χ3n) is 5.18. The first-order valence-corrected chi connectivity index (χ1v) is 9.33. The van der Waals surface area contributed by atoms with E-state index >= 15 is 0 Å². The Kier molecular flexibility index (Phi) is 5.62. The summed E-state index contributed by atoms with van der Waals surface area (Å²) in [5.41, 5.74) is 1.95. The van der Waals surface area contributed by atoms with Crippen LogP contribution in [0.4, 0.5) is 0 Å². The first-order valence-electron chi connectivity index (χ1n) is 9.33. The summed E-state index contributed by atoms with van der Waals surface area (Å²) in [5.74, 6) is -0.174. The van der Waals surface area contributed by atoms with Gasteiger partial charge in [0.2, 0.25) is 17.7 Å². The molecule has 2 N–H and O–H groups in total. The second kappa shape index (κ2) is 7.94. The van der Waals surface area contributed by atoms with Gasteiger partial charge in [-0.05, 0) is 25.8 Å². The molecule has 0 saturated heterocycles. The fourth-order valence-corrected chi connectivity index (χ4v) is 3.79. The monoisotopic (exact) mass is 374 g/mol. The van der Waals surface area contributed by atoms with Crippen LogP contribution in [0.15, 0.2) is 6.07 Å². The maximum atomic E-state index is 12.8. The predicted molar refractivity (Wildman–Crippen MR) is 98.0 cm³/mol. The molecule has 1 fully saturated rings. The van der Waals surface area contributed by atoms with Crippen molar-refractivity contribution in [3.63, 3.8) is 0 Å². The van der Waals surface area contributed by atoms with E-state index in [0.29, 0.717) is 29.6 Å². The van der Waals surface area contributed by atoms with Gasteiger partial charge in [0.15, 0.2) is 0 Å². The molecule has 2 heterocycles. The van der Waals surface area contributed by atoms with Crippen molar-refractivity contribution in [2.45, 2.75) is 64.7 Å². The number of methoxy groups -OCH3 is 1. The molecule has 1 aliphatic carbocycles. The number of nitrogens with zero attached hydrogens (tertiary/aromatic N) is 2. The van der Waals surface area contributed by atoms with Gasteiger partial charge in [0.1, 0.15) is 6.04 Å². The maximum absolute atomic E-state index is 12.8. The third kappa shape index (κ3) is 4.04. The molecular formula is C19H26N4O4. The number of rotatable bonds is 6. The molecule has 1 aliphatic heterocycles. The van der Waals surface area contributed by atoms with E-state index < -0.39 is 6.04 Å². The summed E-state index contributed by atoms with van der Waals surface area (Å²) < 4.78 is 5.36. The number of fused-ring (bicyclic) bond motifs is 1. The van der Waals surface area contributed by atoms with Crippen LogP contribution in [0.2, 0.25) is 0 Å². The van der Waals surface area contributed by atoms with Crippen LogP contribution < -0.4 is 15.4 Å². The SMILES string of the molecule is COc1nc2c(cc1CNC(=O)[C@H](C)NC(C)=O)C(=O)N(C1CCCC1)C2. The van der Waals surface area contributed by atoms with E-state index in [1.807, 2.05) is 4.90 Å². The van der Waals surface area contributed by atoms with Crippen LogP contribution in [0.3, 0.4) is 0 Å². The first-order chi connectivity index (χ1) is 12.9. The molecule has 1 aromatic heterocycles. The van der Waals surface area contributed by atoms with Crippen molar-refractivity contribution >= 4 is 17.7 Å². The molecule has 1 atom stereocenters. The molecule has 27 heavy (non-hydrogen) atoms. The van der Waals surface area contributed by atoms with Crippen molar-refractivity contribution < 1.29 is 19.1 Å². The highest BCUT2D eigenvalue weighted by Crippen LogP contribution is 2.33. The Bertz CT molecular complexity index is 758. The number of ether oxygens (including phenoxy) is 1. The van der Waals surface area contributed by atoms with Gasteiger partial charge < -0.3 is 20.3 Å². The second-order valence-electron chi connectivity index (χ2n) is 7.16. The van der Waals surface area contributed by atoms with Crippen molar-refractivity contribution in [3.8, 4) is 5.88 Å². The average Bonchev–Trinajstić information content (AvgIpc) is 3.26. The topological polar surface area (TPSA) is 101 Å². The summed E-state index contributed by atoms with van der Waals surface area (Å²) in [6.07, 6.45) is 4.40. The highest BCUT2D eigenvalue weighted by molar-refractivity contribution is 5.98. The molecule has 146 valence electrons. The molecule has 0 radical (unpaired) electrons. The van der Waals surface area contributed by atoms with Crippen molar-refractivity contribution in [3.05, 3.63) is 22.9 Å². The van der Waals surface area contributed by atoms with E-state index in [4.69, 9.17) is 4.74 Å². The Morgan fingerprint density at radius 3 is 2.70 bits per heavy atom. The van der Waals surface area contributed by atoms with Gasteiger partial charge in [-0.3, -0.25) is 14.4 Å². The fraction of sp³-hybridized carbons (Fsp3) is 0.579. The Morgan fingerprint density at radius 1 is 1.37 bits per heavy atom. The van der Waals surface area contributed by atoms with E-state index in [9.17, 15) is 14.4 Å². The van der Waals surface area contributed by atoms with Gasteiger partial charge in [0.05, 0.1) is 24.9 Å². The van der Waals surface area contributed by atoms with Crippen LogP contribution in [0.5, 0.6) is 5.88 Å². The van der Waals surface area contributed by atoms with E-state index in [2.05, 4.69) is 15.6 Å². The second-order valence-corrected chi connectivity index (χ2v) is 7.16. The van der Waals surface area contributed by atoms with E-state index in [0.717, 1.165) is 31.4 Å². The summed E-state index contributed by atoms with van der Waals surface area (Å²) in [7, 11) is 1.52. The van der Waals surface area contributed by atoms with Crippen LogP contribution in [0, 0.1) is 0 Å². The zero-order valence-electron chi connectivity index (χ0n) is 16.0. The molecule has 1 saturated carbocycles. The van der Waals surface area contributed by atoms with Crippen LogP contribution >= 0.6 is 0 Å². The Hall–Kier alpha value is -2.64. The third-order valence-corrected chi connectivity index (χ3v) is 5.18. The lowest BCUT2D eigenvalue weighted by molar-refractivity contribution is -0.127. The highest BCUT2D eigenvalue weighted by Gasteiger charge is 2.36. The average molecular weight is 374 g/mol.